The van der Waals surface area contributed by atoms with Crippen LogP contribution in [-0.2, 0) is 32.4 Å². The minimum Gasteiger partial charge on any atom is -0.462 e. The third kappa shape index (κ3) is 5.08. The van der Waals surface area contributed by atoms with Crippen molar-refractivity contribution >= 4 is 49.6 Å². The molecule has 1 saturated heterocycles. The number of hydrogen-bond donors (Lipinski definition) is 2. The van der Waals surface area contributed by atoms with E-state index < -0.39 is 10.0 Å². The molecule has 2 aromatic heterocycles. The maximum Gasteiger partial charge on any atom is 0.341 e. The van der Waals surface area contributed by atoms with Gasteiger partial charge in [0.05, 0.1) is 38.3 Å². The van der Waals surface area contributed by atoms with Gasteiger partial charge in [0.1, 0.15) is 9.21 Å². The second-order valence-electron chi connectivity index (χ2n) is 8.98. The van der Waals surface area contributed by atoms with Crippen LogP contribution >= 0.6 is 22.7 Å². The summed E-state index contributed by atoms with van der Waals surface area (Å²) < 4.78 is 32.7. The van der Waals surface area contributed by atoms with E-state index in [1.165, 1.54) is 27.0 Å². The van der Waals surface area contributed by atoms with Crippen LogP contribution < -0.4 is 10.2 Å². The molecule has 3 heterocycles. The second-order valence-corrected chi connectivity index (χ2v) is 13.2. The summed E-state index contributed by atoms with van der Waals surface area (Å²) in [6.45, 7) is 7.94. The van der Waals surface area contributed by atoms with Gasteiger partial charge in [-0.2, -0.15) is 4.31 Å². The average Bonchev–Trinajstić information content (AvgIpc) is 3.47. The number of nitrogens with zero attached hydrogens (tertiary/aromatic N) is 1. The first-order valence-corrected chi connectivity index (χ1v) is 14.9. The highest BCUT2D eigenvalue weighted by molar-refractivity contribution is 7.91. The van der Waals surface area contributed by atoms with Crippen LogP contribution in [0.2, 0.25) is 0 Å². The number of sulfonamides is 1. The predicted molar refractivity (Wildman–Crippen MR) is 133 cm³/mol. The molecule has 186 valence electrons. The van der Waals surface area contributed by atoms with Gasteiger partial charge in [-0.3, -0.25) is 4.79 Å². The van der Waals surface area contributed by atoms with Gasteiger partial charge < -0.3 is 15.0 Å². The topological polar surface area (TPSA) is 97.2 Å². The Hall–Kier alpha value is -1.79. The van der Waals surface area contributed by atoms with E-state index in [0.29, 0.717) is 46.9 Å². The van der Waals surface area contributed by atoms with Crippen molar-refractivity contribution in [2.75, 3.05) is 38.1 Å². The van der Waals surface area contributed by atoms with Crippen molar-refractivity contribution < 1.29 is 27.6 Å². The van der Waals surface area contributed by atoms with Gasteiger partial charge in [-0.15, -0.1) is 22.7 Å². The Balaban J connectivity index is 1.44. The number of rotatable bonds is 7. The number of hydrogen-bond acceptors (Lipinski definition) is 7. The molecule has 0 saturated carbocycles. The van der Waals surface area contributed by atoms with Crippen LogP contribution in [0, 0.1) is 5.92 Å². The maximum atomic E-state index is 13.2. The summed E-state index contributed by atoms with van der Waals surface area (Å²) in [5.74, 6) is 0.00822. The fraction of sp³-hybridized carbons (Fsp3) is 0.565. The molecule has 1 aliphatic carbocycles. The lowest BCUT2D eigenvalue weighted by atomic mass is 9.88. The molecule has 1 aliphatic heterocycles. The largest absolute Gasteiger partial charge is 0.462 e. The molecule has 2 aliphatic rings. The maximum absolute atomic E-state index is 13.2. The molecule has 1 amide bonds. The van der Waals surface area contributed by atoms with Gasteiger partial charge >= 0.3 is 5.97 Å². The van der Waals surface area contributed by atoms with Crippen molar-refractivity contribution in [1.82, 2.24) is 4.31 Å². The SMILES string of the molecule is CCOC(=O)c1c(NC(=O)[C@@H](C)[NH+]2CCN(S(=O)(=O)c3cccs3)CC2)sc2c1CC[C@H](C)C2. The summed E-state index contributed by atoms with van der Waals surface area (Å²) in [5, 5.41) is 5.35. The minimum absolute atomic E-state index is 0.165. The number of ether oxygens (including phenoxy) is 1. The normalized spacial score (nSPS) is 20.5. The van der Waals surface area contributed by atoms with E-state index in [1.54, 1.807) is 24.4 Å². The van der Waals surface area contributed by atoms with Gasteiger partial charge in [0.2, 0.25) is 0 Å². The minimum atomic E-state index is -3.48. The Morgan fingerprint density at radius 1 is 1.32 bits per heavy atom. The fourth-order valence-electron chi connectivity index (χ4n) is 4.65. The predicted octanol–water partition coefficient (Wildman–Crippen LogP) is 2.03. The smallest absolute Gasteiger partial charge is 0.341 e. The van der Waals surface area contributed by atoms with Gasteiger partial charge in [0.15, 0.2) is 6.04 Å². The molecule has 2 N–H and O–H groups in total. The summed E-state index contributed by atoms with van der Waals surface area (Å²) in [7, 11) is -3.48. The highest BCUT2D eigenvalue weighted by Gasteiger charge is 2.36. The molecule has 4 rings (SSSR count). The molecule has 0 unspecified atom stereocenters. The van der Waals surface area contributed by atoms with Gasteiger partial charge in [0, 0.05) is 4.88 Å². The van der Waals surface area contributed by atoms with E-state index in [2.05, 4.69) is 12.2 Å². The number of carbonyl (C=O) groups excluding carboxylic acids is 2. The fourth-order valence-corrected chi connectivity index (χ4v) is 8.64. The third-order valence-corrected chi connectivity index (χ3v) is 11.1. The van der Waals surface area contributed by atoms with Crippen molar-refractivity contribution in [1.29, 1.82) is 0 Å². The molecule has 34 heavy (non-hydrogen) atoms. The lowest BCUT2D eigenvalue weighted by molar-refractivity contribution is -0.917. The molecule has 1 fully saturated rings. The van der Waals surface area contributed by atoms with Crippen LogP contribution in [0.15, 0.2) is 21.7 Å². The number of esters is 1. The van der Waals surface area contributed by atoms with Gasteiger partial charge in [-0.05, 0) is 56.0 Å². The van der Waals surface area contributed by atoms with Crippen molar-refractivity contribution in [3.05, 3.63) is 33.5 Å². The Labute approximate surface area is 208 Å². The molecular formula is C23H32N3O5S3+. The summed E-state index contributed by atoms with van der Waals surface area (Å²) >= 11 is 2.70. The summed E-state index contributed by atoms with van der Waals surface area (Å²) in [6.07, 6.45) is 2.74. The number of anilines is 1. The van der Waals surface area contributed by atoms with Crippen LogP contribution in [0.25, 0.3) is 0 Å². The van der Waals surface area contributed by atoms with Crippen molar-refractivity contribution in [3.63, 3.8) is 0 Å². The van der Waals surface area contributed by atoms with Crippen LogP contribution in [0.4, 0.5) is 5.00 Å². The van der Waals surface area contributed by atoms with E-state index in [-0.39, 0.29) is 24.5 Å². The zero-order chi connectivity index (χ0) is 24.5. The monoisotopic (exact) mass is 526 g/mol. The van der Waals surface area contributed by atoms with Crippen LogP contribution in [0.5, 0.6) is 0 Å². The molecule has 0 bridgehead atoms. The van der Waals surface area contributed by atoms with Crippen molar-refractivity contribution in [2.45, 2.75) is 50.3 Å². The zero-order valence-electron chi connectivity index (χ0n) is 19.8. The zero-order valence-corrected chi connectivity index (χ0v) is 22.2. The first-order chi connectivity index (χ1) is 16.2. The number of nitrogens with one attached hydrogen (secondary N) is 2. The second kappa shape index (κ2) is 10.4. The quantitative estimate of drug-likeness (QED) is 0.538. The number of thiophene rings is 2. The third-order valence-electron chi connectivity index (χ3n) is 6.69. The Bertz CT molecular complexity index is 1140. The first-order valence-electron chi connectivity index (χ1n) is 11.7. The molecule has 0 aromatic carbocycles. The molecular weight excluding hydrogens is 494 g/mol. The van der Waals surface area contributed by atoms with Crippen LogP contribution in [0.1, 0.15) is 48.0 Å². The summed E-state index contributed by atoms with van der Waals surface area (Å²) in [4.78, 5) is 28.1. The van der Waals surface area contributed by atoms with Gasteiger partial charge in [0.25, 0.3) is 15.9 Å². The summed E-state index contributed by atoms with van der Waals surface area (Å²) in [6, 6.07) is 2.98. The van der Waals surface area contributed by atoms with Crippen molar-refractivity contribution in [2.24, 2.45) is 5.92 Å². The van der Waals surface area contributed by atoms with Gasteiger partial charge in [-0.25, -0.2) is 13.2 Å². The molecule has 0 radical (unpaired) electrons. The van der Waals surface area contributed by atoms with E-state index in [9.17, 15) is 18.0 Å². The van der Waals surface area contributed by atoms with Crippen LogP contribution in [0.3, 0.4) is 0 Å². The Morgan fingerprint density at radius 2 is 2.06 bits per heavy atom. The van der Waals surface area contributed by atoms with E-state index in [4.69, 9.17) is 4.74 Å². The number of amides is 1. The number of fused-ring (bicyclic) bond motifs is 1. The van der Waals surface area contributed by atoms with E-state index in [0.717, 1.165) is 34.6 Å². The van der Waals surface area contributed by atoms with Gasteiger partial charge in [-0.1, -0.05) is 13.0 Å². The lowest BCUT2D eigenvalue weighted by Crippen LogP contribution is -3.19. The van der Waals surface area contributed by atoms with E-state index in [1.807, 2.05) is 6.92 Å². The van der Waals surface area contributed by atoms with Crippen molar-refractivity contribution in [3.8, 4) is 0 Å². The highest BCUT2D eigenvalue weighted by atomic mass is 32.2. The number of carbonyl (C=O) groups is 2. The van der Waals surface area contributed by atoms with E-state index >= 15 is 0 Å². The average molecular weight is 527 g/mol. The number of quaternary nitrogens is 1. The molecule has 0 spiro atoms. The Kier molecular flexibility index (Phi) is 7.78. The Morgan fingerprint density at radius 3 is 2.71 bits per heavy atom. The molecule has 11 heteroatoms. The lowest BCUT2D eigenvalue weighted by Gasteiger charge is -2.33. The van der Waals surface area contributed by atoms with Crippen LogP contribution in [-0.4, -0.2) is 63.4 Å². The molecule has 2 aromatic rings. The standard InChI is InChI=1S/C23H31N3O5S3/c1-4-31-23(28)20-17-8-7-15(2)14-18(17)33-22(20)24-21(27)16(3)25-9-11-26(12-10-25)34(29,30)19-6-5-13-32-19/h5-6,13,15-16H,4,7-12,14H2,1-3H3,(H,24,27)/p+1/t15-,16+/m0/s1. The molecule has 2 atom stereocenters. The highest BCUT2D eigenvalue weighted by Crippen LogP contribution is 2.40. The first kappa shape index (κ1) is 25.3. The molecule has 8 nitrogen and oxygen atoms in total. The summed E-state index contributed by atoms with van der Waals surface area (Å²) in [5.41, 5.74) is 1.53. The number of piperazine rings is 1.